The predicted molar refractivity (Wildman–Crippen MR) is 110 cm³/mol. The molecule has 2 bridgehead atoms. The summed E-state index contributed by atoms with van der Waals surface area (Å²) in [7, 11) is 0. The molecule has 0 amide bonds. The van der Waals surface area contributed by atoms with Crippen molar-refractivity contribution < 1.29 is 9.84 Å². The number of rotatable bonds is 4. The van der Waals surface area contributed by atoms with Gasteiger partial charge in [0.15, 0.2) is 0 Å². The third-order valence-electron chi connectivity index (χ3n) is 6.23. The molecule has 5 rings (SSSR count). The minimum absolute atomic E-state index is 0.251. The Balaban J connectivity index is 1.38. The number of aliphatic hydroxyl groups is 1. The van der Waals surface area contributed by atoms with Gasteiger partial charge in [-0.05, 0) is 30.0 Å². The van der Waals surface area contributed by atoms with Crippen molar-refractivity contribution in [3.63, 3.8) is 0 Å². The summed E-state index contributed by atoms with van der Waals surface area (Å²) < 4.78 is 5.85. The lowest BCUT2D eigenvalue weighted by Crippen LogP contribution is -2.61. The van der Waals surface area contributed by atoms with Gasteiger partial charge in [-0.25, -0.2) is 0 Å². The lowest BCUT2D eigenvalue weighted by Gasteiger charge is -2.52. The molecule has 1 N–H and O–H groups in total. The number of para-hydroxylation sites is 1. The van der Waals surface area contributed by atoms with Crippen LogP contribution < -0.4 is 0 Å². The van der Waals surface area contributed by atoms with Crippen molar-refractivity contribution in [1.82, 2.24) is 9.88 Å². The first-order valence-electron chi connectivity index (χ1n) is 10.1. The van der Waals surface area contributed by atoms with Crippen LogP contribution in [-0.4, -0.2) is 45.9 Å². The number of morpholine rings is 1. The van der Waals surface area contributed by atoms with E-state index in [9.17, 15) is 5.11 Å². The van der Waals surface area contributed by atoms with Gasteiger partial charge in [-0.2, -0.15) is 0 Å². The smallest absolute Gasteiger partial charge is 0.0734 e. The molecule has 3 aromatic rings. The maximum absolute atomic E-state index is 11.6. The molecule has 0 aliphatic carbocycles. The summed E-state index contributed by atoms with van der Waals surface area (Å²) in [6.07, 6.45) is 3.95. The van der Waals surface area contributed by atoms with Crippen LogP contribution in [0.4, 0.5) is 0 Å². The number of nitrogens with zero attached hydrogens (tertiary/aromatic N) is 2. The number of fused-ring (bicyclic) bond motifs is 3. The van der Waals surface area contributed by atoms with Crippen molar-refractivity contribution in [1.29, 1.82) is 0 Å². The molecule has 1 aromatic heterocycles. The van der Waals surface area contributed by atoms with Gasteiger partial charge in [0.05, 0.1) is 24.3 Å². The summed E-state index contributed by atoms with van der Waals surface area (Å²) in [5, 5.41) is 12.7. The molecule has 2 aromatic carbocycles. The summed E-state index contributed by atoms with van der Waals surface area (Å²) in [6.45, 7) is 2.31. The number of ether oxygens (including phenoxy) is 1. The van der Waals surface area contributed by atoms with Crippen LogP contribution in [0, 0.1) is 0 Å². The van der Waals surface area contributed by atoms with Crippen LogP contribution >= 0.6 is 0 Å². The van der Waals surface area contributed by atoms with Crippen LogP contribution in [0.1, 0.15) is 24.0 Å². The van der Waals surface area contributed by atoms with E-state index in [2.05, 4.69) is 64.5 Å². The molecule has 144 valence electrons. The Kier molecular flexibility index (Phi) is 4.63. The SMILES string of the molecule is OC1(Cc2cccc3cccnc23)CC2COCC(C1)N2Cc1ccccc1. The summed E-state index contributed by atoms with van der Waals surface area (Å²) in [5.41, 5.74) is 2.75. The molecule has 2 saturated heterocycles. The lowest BCUT2D eigenvalue weighted by molar-refractivity contribution is -0.145. The van der Waals surface area contributed by atoms with Crippen LogP contribution in [0.2, 0.25) is 0 Å². The maximum atomic E-state index is 11.6. The van der Waals surface area contributed by atoms with E-state index in [1.807, 2.05) is 12.3 Å². The second-order valence-corrected chi connectivity index (χ2v) is 8.30. The van der Waals surface area contributed by atoms with Crippen molar-refractivity contribution >= 4 is 10.9 Å². The van der Waals surface area contributed by atoms with Crippen molar-refractivity contribution in [2.24, 2.45) is 0 Å². The molecular formula is C24H26N2O2. The highest BCUT2D eigenvalue weighted by atomic mass is 16.5. The maximum Gasteiger partial charge on any atom is 0.0734 e. The highest BCUT2D eigenvalue weighted by molar-refractivity contribution is 5.81. The third kappa shape index (κ3) is 3.44. The van der Waals surface area contributed by atoms with Crippen LogP contribution in [0.25, 0.3) is 10.9 Å². The zero-order valence-electron chi connectivity index (χ0n) is 16.0. The van der Waals surface area contributed by atoms with Gasteiger partial charge in [0.25, 0.3) is 0 Å². The van der Waals surface area contributed by atoms with Crippen molar-refractivity contribution in [2.45, 2.75) is 43.5 Å². The van der Waals surface area contributed by atoms with Gasteiger partial charge in [0.1, 0.15) is 0 Å². The topological polar surface area (TPSA) is 45.6 Å². The Labute approximate surface area is 165 Å². The molecule has 28 heavy (non-hydrogen) atoms. The molecule has 2 atom stereocenters. The van der Waals surface area contributed by atoms with Crippen molar-refractivity contribution in [2.75, 3.05) is 13.2 Å². The van der Waals surface area contributed by atoms with E-state index in [1.54, 1.807) is 0 Å². The summed E-state index contributed by atoms with van der Waals surface area (Å²) >= 11 is 0. The van der Waals surface area contributed by atoms with Gasteiger partial charge in [-0.15, -0.1) is 0 Å². The number of benzene rings is 2. The van der Waals surface area contributed by atoms with Crippen LogP contribution in [-0.2, 0) is 17.7 Å². The first-order valence-corrected chi connectivity index (χ1v) is 10.1. The lowest BCUT2D eigenvalue weighted by atomic mass is 9.77. The Morgan fingerprint density at radius 1 is 0.964 bits per heavy atom. The standard InChI is InChI=1S/C24H26N2O2/c27-24(12-20-9-4-8-19-10-5-11-25-23(19)20)13-21-16-28-17-22(14-24)26(21)15-18-6-2-1-3-7-18/h1-11,21-22,27H,12-17H2. The molecule has 0 saturated carbocycles. The quantitative estimate of drug-likeness (QED) is 0.758. The fourth-order valence-electron chi connectivity index (χ4n) is 5.00. The molecule has 2 aliphatic rings. The van der Waals surface area contributed by atoms with E-state index in [-0.39, 0.29) is 12.1 Å². The summed E-state index contributed by atoms with van der Waals surface area (Å²) in [4.78, 5) is 7.11. The number of pyridine rings is 1. The zero-order valence-corrected chi connectivity index (χ0v) is 16.0. The Morgan fingerprint density at radius 3 is 2.50 bits per heavy atom. The van der Waals surface area contributed by atoms with E-state index in [0.717, 1.165) is 35.9 Å². The van der Waals surface area contributed by atoms with Crippen LogP contribution in [0.5, 0.6) is 0 Å². The zero-order chi connectivity index (χ0) is 19.0. The fourth-order valence-corrected chi connectivity index (χ4v) is 5.00. The van der Waals surface area contributed by atoms with E-state index in [1.165, 1.54) is 5.56 Å². The molecule has 2 unspecified atom stereocenters. The Bertz CT molecular complexity index is 940. The van der Waals surface area contributed by atoms with Crippen LogP contribution in [0.15, 0.2) is 66.9 Å². The average Bonchev–Trinajstić information content (AvgIpc) is 2.70. The minimum atomic E-state index is -0.710. The van der Waals surface area contributed by atoms with E-state index >= 15 is 0 Å². The highest BCUT2D eigenvalue weighted by Gasteiger charge is 2.46. The summed E-state index contributed by atoms with van der Waals surface area (Å²) in [6, 6.07) is 21.4. The van der Waals surface area contributed by atoms with E-state index in [4.69, 9.17) is 4.74 Å². The van der Waals surface area contributed by atoms with Crippen molar-refractivity contribution in [3.05, 3.63) is 78.0 Å². The van der Waals surface area contributed by atoms with Crippen molar-refractivity contribution in [3.8, 4) is 0 Å². The van der Waals surface area contributed by atoms with Gasteiger partial charge in [-0.1, -0.05) is 54.6 Å². The largest absolute Gasteiger partial charge is 0.389 e. The summed E-state index contributed by atoms with van der Waals surface area (Å²) in [5.74, 6) is 0. The molecule has 0 spiro atoms. The molecule has 2 aliphatic heterocycles. The first kappa shape index (κ1) is 17.8. The third-order valence-corrected chi connectivity index (χ3v) is 6.23. The Hall–Kier alpha value is -2.27. The number of hydrogen-bond acceptors (Lipinski definition) is 4. The minimum Gasteiger partial charge on any atom is -0.389 e. The normalized spacial score (nSPS) is 27.8. The molecule has 2 fully saturated rings. The molecule has 0 radical (unpaired) electrons. The highest BCUT2D eigenvalue weighted by Crippen LogP contribution is 2.38. The molecule has 3 heterocycles. The number of piperidine rings is 1. The van der Waals surface area contributed by atoms with Gasteiger partial charge in [0.2, 0.25) is 0 Å². The first-order chi connectivity index (χ1) is 13.7. The molecule has 4 nitrogen and oxygen atoms in total. The van der Waals surface area contributed by atoms with E-state index < -0.39 is 5.60 Å². The van der Waals surface area contributed by atoms with Gasteiger partial charge in [-0.3, -0.25) is 9.88 Å². The molecular weight excluding hydrogens is 348 g/mol. The fraction of sp³-hybridized carbons (Fsp3) is 0.375. The second kappa shape index (κ2) is 7.28. The monoisotopic (exact) mass is 374 g/mol. The van der Waals surface area contributed by atoms with Gasteiger partial charge < -0.3 is 9.84 Å². The van der Waals surface area contributed by atoms with E-state index in [0.29, 0.717) is 19.6 Å². The molecule has 4 heteroatoms. The van der Waals surface area contributed by atoms with Crippen LogP contribution in [0.3, 0.4) is 0 Å². The number of hydrogen-bond donors (Lipinski definition) is 1. The Morgan fingerprint density at radius 2 is 1.71 bits per heavy atom. The predicted octanol–water partition coefficient (Wildman–Crippen LogP) is 3.57. The average molecular weight is 374 g/mol. The van der Waals surface area contributed by atoms with Gasteiger partial charge >= 0.3 is 0 Å². The van der Waals surface area contributed by atoms with Gasteiger partial charge in [0, 0.05) is 36.6 Å². The second-order valence-electron chi connectivity index (χ2n) is 8.30. The number of aromatic nitrogens is 1.